The second-order valence-electron chi connectivity index (χ2n) is 6.85. The van der Waals surface area contributed by atoms with Gasteiger partial charge in [-0.1, -0.05) is 48.5 Å². The third kappa shape index (κ3) is 3.22. The van der Waals surface area contributed by atoms with Gasteiger partial charge in [-0.15, -0.1) is 6.58 Å². The van der Waals surface area contributed by atoms with E-state index in [-0.39, 0.29) is 13.2 Å². The normalized spacial score (nSPS) is 18.3. The fraction of sp³-hybridized carbons (Fsp3) is 0.182. The second-order valence-corrected chi connectivity index (χ2v) is 6.85. The van der Waals surface area contributed by atoms with Crippen LogP contribution in [0, 0.1) is 0 Å². The molecule has 2 aromatic carbocycles. The molecule has 1 fully saturated rings. The number of benzene rings is 2. The van der Waals surface area contributed by atoms with Crippen LogP contribution >= 0.6 is 0 Å². The monoisotopic (exact) mass is 405 g/mol. The van der Waals surface area contributed by atoms with Crippen LogP contribution in [0.25, 0.3) is 0 Å². The summed E-state index contributed by atoms with van der Waals surface area (Å²) in [6.45, 7) is 3.06. The predicted octanol–water partition coefficient (Wildman–Crippen LogP) is 2.13. The van der Waals surface area contributed by atoms with Crippen molar-refractivity contribution < 1.29 is 23.9 Å². The number of hydrogen-bond donors (Lipinski definition) is 0. The number of hydrogen-bond acceptors (Lipinski definition) is 5. The van der Waals surface area contributed by atoms with Crippen molar-refractivity contribution in [1.29, 1.82) is 0 Å². The Morgan fingerprint density at radius 1 is 1.00 bits per heavy atom. The predicted molar refractivity (Wildman–Crippen MR) is 108 cm³/mol. The lowest BCUT2D eigenvalue weighted by atomic mass is 10.0. The van der Waals surface area contributed by atoms with Crippen LogP contribution in [0.5, 0.6) is 5.75 Å². The summed E-state index contributed by atoms with van der Waals surface area (Å²) in [4.78, 5) is 53.2. The number of ether oxygens (including phenoxy) is 1. The molecule has 0 N–H and O–H groups in total. The first-order valence-corrected chi connectivity index (χ1v) is 9.40. The zero-order chi connectivity index (χ0) is 21.3. The Morgan fingerprint density at radius 2 is 1.67 bits per heavy atom. The quantitative estimate of drug-likeness (QED) is 0.432. The fourth-order valence-electron chi connectivity index (χ4n) is 3.61. The summed E-state index contributed by atoms with van der Waals surface area (Å²) < 4.78 is 5.83. The SMILES string of the molecule is C=CCN1C(=O)C(=O)N(CC(=O)N2c3ccccc3OCC2c2ccccc2)C1=O. The molecule has 2 aliphatic heterocycles. The van der Waals surface area contributed by atoms with Crippen molar-refractivity contribution in [2.75, 3.05) is 24.6 Å². The topological polar surface area (TPSA) is 87.2 Å². The molecule has 30 heavy (non-hydrogen) atoms. The van der Waals surface area contributed by atoms with Gasteiger partial charge in [0, 0.05) is 6.54 Å². The number of rotatable bonds is 5. The Labute approximate surface area is 172 Å². The van der Waals surface area contributed by atoms with Crippen LogP contribution < -0.4 is 9.64 Å². The van der Waals surface area contributed by atoms with Gasteiger partial charge in [0.1, 0.15) is 18.9 Å². The average molecular weight is 405 g/mol. The summed E-state index contributed by atoms with van der Waals surface area (Å²) in [5, 5.41) is 0. The zero-order valence-corrected chi connectivity index (χ0v) is 16.1. The number of fused-ring (bicyclic) bond motifs is 1. The second kappa shape index (κ2) is 7.82. The van der Waals surface area contributed by atoms with Crippen LogP contribution in [0.15, 0.2) is 67.3 Å². The largest absolute Gasteiger partial charge is 0.489 e. The van der Waals surface area contributed by atoms with Crippen molar-refractivity contribution in [2.24, 2.45) is 0 Å². The van der Waals surface area contributed by atoms with Gasteiger partial charge in [-0.25, -0.2) is 9.69 Å². The first-order chi connectivity index (χ1) is 14.5. The maximum atomic E-state index is 13.3. The van der Waals surface area contributed by atoms with E-state index in [0.29, 0.717) is 16.3 Å². The van der Waals surface area contributed by atoms with Gasteiger partial charge in [-0.2, -0.15) is 0 Å². The zero-order valence-electron chi connectivity index (χ0n) is 16.1. The first kappa shape index (κ1) is 19.4. The van der Waals surface area contributed by atoms with Gasteiger partial charge in [0.15, 0.2) is 0 Å². The molecule has 0 aromatic heterocycles. The number of nitrogens with zero attached hydrogens (tertiary/aromatic N) is 3. The molecule has 152 valence electrons. The van der Waals surface area contributed by atoms with Crippen molar-refractivity contribution in [3.63, 3.8) is 0 Å². The summed E-state index contributed by atoms with van der Waals surface area (Å²) in [5.41, 5.74) is 1.39. The van der Waals surface area contributed by atoms with E-state index in [2.05, 4.69) is 6.58 Å². The highest BCUT2D eigenvalue weighted by Crippen LogP contribution is 2.39. The number of carbonyl (C=O) groups is 4. The number of para-hydroxylation sites is 2. The summed E-state index contributed by atoms with van der Waals surface area (Å²) in [7, 11) is 0. The van der Waals surface area contributed by atoms with E-state index < -0.39 is 36.3 Å². The lowest BCUT2D eigenvalue weighted by Crippen LogP contribution is -2.47. The molecular formula is C22H19N3O5. The van der Waals surface area contributed by atoms with E-state index in [4.69, 9.17) is 4.74 Å². The number of amides is 5. The Morgan fingerprint density at radius 3 is 2.40 bits per heavy atom. The molecule has 0 bridgehead atoms. The van der Waals surface area contributed by atoms with Gasteiger partial charge in [0.05, 0.1) is 11.7 Å². The average Bonchev–Trinajstić information content (AvgIpc) is 2.97. The molecule has 1 saturated heterocycles. The van der Waals surface area contributed by atoms with Crippen LogP contribution in [0.4, 0.5) is 10.5 Å². The lowest BCUT2D eigenvalue weighted by Gasteiger charge is -2.37. The Hall–Kier alpha value is -3.94. The Balaban J connectivity index is 1.66. The van der Waals surface area contributed by atoms with Crippen LogP contribution in [0.3, 0.4) is 0 Å². The highest BCUT2D eigenvalue weighted by Gasteiger charge is 2.46. The standard InChI is InChI=1S/C22H19N3O5/c1-2-12-23-20(27)21(28)24(22(23)29)13-19(26)25-16-10-6-7-11-18(16)30-14-17(25)15-8-4-3-5-9-15/h2-11,17H,1,12-14H2. The van der Waals surface area contributed by atoms with E-state index in [1.54, 1.807) is 24.3 Å². The third-order valence-corrected chi connectivity index (χ3v) is 5.03. The minimum Gasteiger partial charge on any atom is -0.489 e. The maximum absolute atomic E-state index is 13.3. The number of imide groups is 2. The van der Waals surface area contributed by atoms with Gasteiger partial charge < -0.3 is 4.74 Å². The minimum atomic E-state index is -1.02. The number of urea groups is 1. The third-order valence-electron chi connectivity index (χ3n) is 5.03. The number of anilines is 1. The van der Waals surface area contributed by atoms with Crippen molar-refractivity contribution >= 4 is 29.4 Å². The van der Waals surface area contributed by atoms with Gasteiger partial charge in [-0.3, -0.25) is 24.2 Å². The molecule has 8 heteroatoms. The van der Waals surface area contributed by atoms with Crippen molar-refractivity contribution in [2.45, 2.75) is 6.04 Å². The van der Waals surface area contributed by atoms with Crippen LogP contribution in [0.2, 0.25) is 0 Å². The smallest absolute Gasteiger partial charge is 0.335 e. The highest BCUT2D eigenvalue weighted by atomic mass is 16.5. The summed E-state index contributed by atoms with van der Waals surface area (Å²) in [5.74, 6) is -1.95. The summed E-state index contributed by atoms with van der Waals surface area (Å²) in [6.07, 6.45) is 1.35. The Bertz CT molecular complexity index is 1040. The molecule has 8 nitrogen and oxygen atoms in total. The fourth-order valence-corrected chi connectivity index (χ4v) is 3.61. The van der Waals surface area contributed by atoms with Crippen molar-refractivity contribution in [1.82, 2.24) is 9.80 Å². The van der Waals surface area contributed by atoms with E-state index >= 15 is 0 Å². The molecule has 0 spiro atoms. The summed E-state index contributed by atoms with van der Waals surface area (Å²) in [6, 6.07) is 15.1. The highest BCUT2D eigenvalue weighted by molar-refractivity contribution is 6.45. The van der Waals surface area contributed by atoms with Gasteiger partial charge in [0.25, 0.3) is 0 Å². The molecule has 1 atom stereocenters. The molecule has 2 aromatic rings. The molecule has 5 amide bonds. The summed E-state index contributed by atoms with van der Waals surface area (Å²) >= 11 is 0. The molecule has 0 saturated carbocycles. The molecule has 0 radical (unpaired) electrons. The van der Waals surface area contributed by atoms with Gasteiger partial charge in [-0.05, 0) is 17.7 Å². The Kier molecular flexibility index (Phi) is 5.05. The van der Waals surface area contributed by atoms with Gasteiger partial charge >= 0.3 is 17.8 Å². The van der Waals surface area contributed by atoms with E-state index in [1.165, 1.54) is 11.0 Å². The maximum Gasteiger partial charge on any atom is 0.335 e. The molecule has 2 heterocycles. The van der Waals surface area contributed by atoms with Crippen molar-refractivity contribution in [3.8, 4) is 5.75 Å². The van der Waals surface area contributed by atoms with Gasteiger partial charge in [0.2, 0.25) is 5.91 Å². The van der Waals surface area contributed by atoms with E-state index in [9.17, 15) is 19.2 Å². The van der Waals surface area contributed by atoms with E-state index in [0.717, 1.165) is 10.5 Å². The van der Waals surface area contributed by atoms with Crippen LogP contribution in [-0.4, -0.2) is 53.2 Å². The first-order valence-electron chi connectivity index (χ1n) is 9.40. The molecule has 0 aliphatic carbocycles. The molecule has 2 aliphatic rings. The lowest BCUT2D eigenvalue weighted by molar-refractivity contribution is -0.143. The molecule has 1 unspecified atom stereocenters. The minimum absolute atomic E-state index is 0.0961. The number of carbonyl (C=O) groups excluding carboxylic acids is 4. The molecule has 4 rings (SSSR count). The van der Waals surface area contributed by atoms with Crippen molar-refractivity contribution in [3.05, 3.63) is 72.8 Å². The molecular weight excluding hydrogens is 386 g/mol. The van der Waals surface area contributed by atoms with Crippen LogP contribution in [-0.2, 0) is 14.4 Å². The van der Waals surface area contributed by atoms with E-state index in [1.807, 2.05) is 30.3 Å². The van der Waals surface area contributed by atoms with Crippen LogP contribution in [0.1, 0.15) is 11.6 Å².